The standard InChI is InChI=1S/C22H25FN4O4S/c1-27(14-17(10-11-32(3,29)30)15-4-7-18(23)8-5-15)22(28)19-12-16(6-9-21(19)31-2)20-13-24-26-25-20/h4-9,12-13,17H,10-11,14H2,1-3H3,(H,24,25,26). The lowest BCUT2D eigenvalue weighted by Crippen LogP contribution is -2.32. The Labute approximate surface area is 186 Å². The molecule has 3 aromatic rings. The molecule has 0 saturated carbocycles. The van der Waals surface area contributed by atoms with E-state index in [0.717, 1.165) is 5.56 Å². The maximum Gasteiger partial charge on any atom is 0.257 e. The minimum Gasteiger partial charge on any atom is -0.496 e. The second-order valence-corrected chi connectivity index (χ2v) is 9.88. The molecule has 0 spiro atoms. The predicted molar refractivity (Wildman–Crippen MR) is 119 cm³/mol. The van der Waals surface area contributed by atoms with Crippen LogP contribution < -0.4 is 4.74 Å². The van der Waals surface area contributed by atoms with E-state index >= 15 is 0 Å². The third-order valence-corrected chi connectivity index (χ3v) is 6.14. The van der Waals surface area contributed by atoms with Crippen LogP contribution in [0.2, 0.25) is 0 Å². The SMILES string of the molecule is COc1ccc(-c2cn[nH]n2)cc1C(=O)N(C)CC(CCS(C)(=O)=O)c1ccc(F)cc1. The van der Waals surface area contributed by atoms with Crippen molar-refractivity contribution in [2.24, 2.45) is 0 Å². The van der Waals surface area contributed by atoms with Crippen LogP contribution in [0.15, 0.2) is 48.7 Å². The van der Waals surface area contributed by atoms with Gasteiger partial charge in [0.05, 0.1) is 24.6 Å². The molecule has 10 heteroatoms. The molecule has 0 aliphatic heterocycles. The summed E-state index contributed by atoms with van der Waals surface area (Å²) in [5.74, 6) is -0.595. The van der Waals surface area contributed by atoms with Crippen molar-refractivity contribution in [3.05, 3.63) is 65.6 Å². The molecule has 1 amide bonds. The number of hydrogen-bond acceptors (Lipinski definition) is 6. The van der Waals surface area contributed by atoms with Gasteiger partial charge in [0.15, 0.2) is 0 Å². The van der Waals surface area contributed by atoms with E-state index in [1.807, 2.05) is 0 Å². The summed E-state index contributed by atoms with van der Waals surface area (Å²) in [6.07, 6.45) is 3.03. The van der Waals surface area contributed by atoms with Crippen LogP contribution in [0.1, 0.15) is 28.3 Å². The Morgan fingerprint density at radius 3 is 2.53 bits per heavy atom. The fourth-order valence-electron chi connectivity index (χ4n) is 3.45. The van der Waals surface area contributed by atoms with Crippen molar-refractivity contribution in [1.29, 1.82) is 0 Å². The number of benzene rings is 2. The Hall–Kier alpha value is -3.27. The lowest BCUT2D eigenvalue weighted by atomic mass is 9.95. The molecule has 0 fully saturated rings. The lowest BCUT2D eigenvalue weighted by Gasteiger charge is -2.25. The van der Waals surface area contributed by atoms with Crippen LogP contribution in [0.5, 0.6) is 5.75 Å². The first-order chi connectivity index (χ1) is 15.2. The van der Waals surface area contributed by atoms with Gasteiger partial charge in [-0.15, -0.1) is 0 Å². The van der Waals surface area contributed by atoms with Crippen LogP contribution in [-0.2, 0) is 9.84 Å². The minimum atomic E-state index is -3.20. The number of H-pyrrole nitrogens is 1. The van der Waals surface area contributed by atoms with Gasteiger partial charge in [0.25, 0.3) is 5.91 Å². The van der Waals surface area contributed by atoms with Crippen LogP contribution in [0.3, 0.4) is 0 Å². The highest BCUT2D eigenvalue weighted by molar-refractivity contribution is 7.90. The van der Waals surface area contributed by atoms with Gasteiger partial charge in [-0.05, 0) is 42.3 Å². The average Bonchev–Trinajstić information content (AvgIpc) is 3.30. The number of nitrogens with zero attached hydrogens (tertiary/aromatic N) is 3. The first kappa shape index (κ1) is 23.4. The Kier molecular flexibility index (Phi) is 7.24. The second kappa shape index (κ2) is 9.90. The highest BCUT2D eigenvalue weighted by Crippen LogP contribution is 2.28. The van der Waals surface area contributed by atoms with Gasteiger partial charge in [-0.2, -0.15) is 15.4 Å². The molecule has 0 aliphatic rings. The van der Waals surface area contributed by atoms with Crippen molar-refractivity contribution in [2.75, 3.05) is 32.7 Å². The van der Waals surface area contributed by atoms with E-state index in [9.17, 15) is 17.6 Å². The summed E-state index contributed by atoms with van der Waals surface area (Å²) in [6, 6.07) is 11.0. The van der Waals surface area contributed by atoms with Crippen molar-refractivity contribution < 1.29 is 22.3 Å². The molecule has 1 N–H and O–H groups in total. The Morgan fingerprint density at radius 2 is 1.94 bits per heavy atom. The summed E-state index contributed by atoms with van der Waals surface area (Å²) in [7, 11) is -0.0764. The molecule has 0 bridgehead atoms. The molecule has 1 heterocycles. The molecule has 0 radical (unpaired) electrons. The molecular formula is C22H25FN4O4S. The van der Waals surface area contributed by atoms with Gasteiger partial charge in [-0.25, -0.2) is 12.8 Å². The van der Waals surface area contributed by atoms with E-state index in [4.69, 9.17) is 4.74 Å². The summed E-state index contributed by atoms with van der Waals surface area (Å²) in [5.41, 5.74) is 2.39. The number of rotatable bonds is 9. The number of ether oxygens (including phenoxy) is 1. The zero-order valence-electron chi connectivity index (χ0n) is 18.1. The highest BCUT2D eigenvalue weighted by Gasteiger charge is 2.23. The van der Waals surface area contributed by atoms with Crippen molar-refractivity contribution in [2.45, 2.75) is 12.3 Å². The van der Waals surface area contributed by atoms with Gasteiger partial charge in [0.1, 0.15) is 27.1 Å². The molecule has 2 aromatic carbocycles. The number of methoxy groups -OCH3 is 1. The average molecular weight is 461 g/mol. The lowest BCUT2D eigenvalue weighted by molar-refractivity contribution is 0.0782. The zero-order chi connectivity index (χ0) is 23.3. The molecule has 3 rings (SSSR count). The summed E-state index contributed by atoms with van der Waals surface area (Å²) < 4.78 is 42.2. The molecule has 0 aliphatic carbocycles. The van der Waals surface area contributed by atoms with Crippen LogP contribution in [0.4, 0.5) is 4.39 Å². The number of hydrogen-bond donors (Lipinski definition) is 1. The first-order valence-corrected chi connectivity index (χ1v) is 12.0. The van der Waals surface area contributed by atoms with Gasteiger partial charge >= 0.3 is 0 Å². The summed E-state index contributed by atoms with van der Waals surface area (Å²) in [5, 5.41) is 10.4. The van der Waals surface area contributed by atoms with Crippen molar-refractivity contribution in [3.63, 3.8) is 0 Å². The number of halogens is 1. The summed E-state index contributed by atoms with van der Waals surface area (Å²) in [4.78, 5) is 14.8. The molecule has 1 atom stereocenters. The van der Waals surface area contributed by atoms with E-state index in [1.54, 1.807) is 43.6 Å². The van der Waals surface area contributed by atoms with Crippen LogP contribution in [0, 0.1) is 5.82 Å². The molecule has 8 nitrogen and oxygen atoms in total. The highest BCUT2D eigenvalue weighted by atomic mass is 32.2. The fourth-order valence-corrected chi connectivity index (χ4v) is 4.16. The fraction of sp³-hybridized carbons (Fsp3) is 0.318. The van der Waals surface area contributed by atoms with Gasteiger partial charge < -0.3 is 9.64 Å². The molecule has 170 valence electrons. The molecule has 0 saturated heterocycles. The topological polar surface area (TPSA) is 105 Å². The third-order valence-electron chi connectivity index (χ3n) is 5.16. The van der Waals surface area contributed by atoms with E-state index in [0.29, 0.717) is 29.0 Å². The number of nitrogens with one attached hydrogen (secondary N) is 1. The third kappa shape index (κ3) is 5.91. The second-order valence-electron chi connectivity index (χ2n) is 7.62. The minimum absolute atomic E-state index is 0.0396. The molecule has 1 aromatic heterocycles. The largest absolute Gasteiger partial charge is 0.496 e. The number of carbonyl (C=O) groups excluding carboxylic acids is 1. The number of carbonyl (C=O) groups is 1. The number of sulfone groups is 1. The number of likely N-dealkylation sites (N-methyl/N-ethyl adjacent to an activating group) is 1. The van der Waals surface area contributed by atoms with E-state index < -0.39 is 9.84 Å². The monoisotopic (exact) mass is 460 g/mol. The maximum absolute atomic E-state index is 13.4. The van der Waals surface area contributed by atoms with Gasteiger partial charge in [-0.3, -0.25) is 4.79 Å². The number of amides is 1. The Morgan fingerprint density at radius 1 is 1.22 bits per heavy atom. The maximum atomic E-state index is 13.4. The molecule has 32 heavy (non-hydrogen) atoms. The van der Waals surface area contributed by atoms with Crippen molar-refractivity contribution in [3.8, 4) is 17.0 Å². The normalized spacial score (nSPS) is 12.4. The van der Waals surface area contributed by atoms with Crippen LogP contribution in [0.25, 0.3) is 11.3 Å². The molecular weight excluding hydrogens is 435 g/mol. The van der Waals surface area contributed by atoms with Gasteiger partial charge in [0, 0.05) is 31.3 Å². The van der Waals surface area contributed by atoms with E-state index in [-0.39, 0.29) is 29.9 Å². The summed E-state index contributed by atoms with van der Waals surface area (Å²) in [6.45, 7) is 0.247. The van der Waals surface area contributed by atoms with Gasteiger partial charge in [0.2, 0.25) is 0 Å². The van der Waals surface area contributed by atoms with Crippen molar-refractivity contribution in [1.82, 2.24) is 20.3 Å². The van der Waals surface area contributed by atoms with E-state index in [2.05, 4.69) is 15.4 Å². The quantitative estimate of drug-likeness (QED) is 0.526. The first-order valence-electron chi connectivity index (χ1n) is 9.91. The van der Waals surface area contributed by atoms with Crippen LogP contribution >= 0.6 is 0 Å². The number of aromatic nitrogens is 3. The van der Waals surface area contributed by atoms with Gasteiger partial charge in [-0.1, -0.05) is 12.1 Å². The smallest absolute Gasteiger partial charge is 0.257 e. The van der Waals surface area contributed by atoms with Crippen LogP contribution in [-0.4, -0.2) is 67.3 Å². The van der Waals surface area contributed by atoms with E-state index in [1.165, 1.54) is 30.4 Å². The molecule has 1 unspecified atom stereocenters. The predicted octanol–water partition coefficient (Wildman–Crippen LogP) is 2.91. The zero-order valence-corrected chi connectivity index (χ0v) is 18.9. The Balaban J connectivity index is 1.86. The number of aromatic amines is 1. The Bertz CT molecular complexity index is 1170. The van der Waals surface area contributed by atoms with Crippen molar-refractivity contribution >= 4 is 15.7 Å². The summed E-state index contributed by atoms with van der Waals surface area (Å²) >= 11 is 0.